The van der Waals surface area contributed by atoms with Crippen molar-refractivity contribution in [1.82, 2.24) is 4.98 Å². The Balaban J connectivity index is 2.07. The first kappa shape index (κ1) is 15.2. The lowest BCUT2D eigenvalue weighted by atomic mass is 10.2. The van der Waals surface area contributed by atoms with Crippen molar-refractivity contribution in [1.29, 1.82) is 0 Å². The molecule has 2 rings (SSSR count). The highest BCUT2D eigenvalue weighted by Gasteiger charge is 2.06. The van der Waals surface area contributed by atoms with Gasteiger partial charge in [0.15, 0.2) is 11.5 Å². The predicted octanol–water partition coefficient (Wildman–Crippen LogP) is 3.80. The van der Waals surface area contributed by atoms with Crippen molar-refractivity contribution >= 4 is 5.69 Å². The van der Waals surface area contributed by atoms with Gasteiger partial charge in [-0.2, -0.15) is 0 Å². The van der Waals surface area contributed by atoms with Gasteiger partial charge in [-0.15, -0.1) is 0 Å². The summed E-state index contributed by atoms with van der Waals surface area (Å²) in [5.41, 5.74) is 3.32. The third-order valence-corrected chi connectivity index (χ3v) is 2.97. The van der Waals surface area contributed by atoms with E-state index >= 15 is 0 Å². The van der Waals surface area contributed by atoms with Gasteiger partial charge in [-0.25, -0.2) is 0 Å². The van der Waals surface area contributed by atoms with E-state index in [1.807, 2.05) is 51.4 Å². The number of benzene rings is 1. The second kappa shape index (κ2) is 7.53. The maximum atomic E-state index is 5.62. The van der Waals surface area contributed by atoms with E-state index in [2.05, 4.69) is 16.4 Å². The minimum atomic E-state index is 0.616. The number of pyridine rings is 1. The van der Waals surface area contributed by atoms with Crippen LogP contribution in [0.25, 0.3) is 0 Å². The number of ether oxygens (including phenoxy) is 2. The van der Waals surface area contributed by atoms with Crippen LogP contribution in [-0.2, 0) is 6.54 Å². The number of nitrogens with one attached hydrogen (secondary N) is 1. The molecule has 0 aliphatic carbocycles. The van der Waals surface area contributed by atoms with Gasteiger partial charge < -0.3 is 14.8 Å². The van der Waals surface area contributed by atoms with Gasteiger partial charge in [0.05, 0.1) is 13.2 Å². The third-order valence-electron chi connectivity index (χ3n) is 2.97. The quantitative estimate of drug-likeness (QED) is 0.840. The number of hydrogen-bond acceptors (Lipinski definition) is 4. The minimum Gasteiger partial charge on any atom is -0.490 e. The normalized spacial score (nSPS) is 10.2. The Morgan fingerprint density at radius 3 is 2.48 bits per heavy atom. The van der Waals surface area contributed by atoms with Gasteiger partial charge in [0, 0.05) is 30.7 Å². The molecule has 21 heavy (non-hydrogen) atoms. The lowest BCUT2D eigenvalue weighted by molar-refractivity contribution is 0.288. The highest BCUT2D eigenvalue weighted by Crippen LogP contribution is 2.30. The molecular formula is C17H22N2O2. The number of rotatable bonds is 7. The molecule has 0 aliphatic rings. The van der Waals surface area contributed by atoms with Crippen molar-refractivity contribution in [2.24, 2.45) is 0 Å². The van der Waals surface area contributed by atoms with E-state index in [0.29, 0.717) is 13.2 Å². The Bertz CT molecular complexity index is 585. The zero-order valence-electron chi connectivity index (χ0n) is 12.8. The highest BCUT2D eigenvalue weighted by atomic mass is 16.5. The number of anilines is 1. The lowest BCUT2D eigenvalue weighted by Crippen LogP contribution is -2.02. The van der Waals surface area contributed by atoms with Crippen molar-refractivity contribution in [2.75, 3.05) is 18.5 Å². The molecule has 0 bridgehead atoms. The molecule has 1 N–H and O–H groups in total. The monoisotopic (exact) mass is 286 g/mol. The van der Waals surface area contributed by atoms with Crippen LogP contribution in [0.4, 0.5) is 5.69 Å². The molecule has 4 heteroatoms. The summed E-state index contributed by atoms with van der Waals surface area (Å²) in [4.78, 5) is 4.20. The van der Waals surface area contributed by atoms with Crippen LogP contribution >= 0.6 is 0 Å². The van der Waals surface area contributed by atoms with Crippen LogP contribution in [0.3, 0.4) is 0 Å². The number of nitrogens with zero attached hydrogens (tertiary/aromatic N) is 1. The van der Waals surface area contributed by atoms with Crippen molar-refractivity contribution in [3.63, 3.8) is 0 Å². The van der Waals surface area contributed by atoms with E-state index in [9.17, 15) is 0 Å². The molecule has 0 amide bonds. The number of hydrogen-bond donors (Lipinski definition) is 1. The largest absolute Gasteiger partial charge is 0.490 e. The Morgan fingerprint density at radius 1 is 1.00 bits per heavy atom. The fourth-order valence-corrected chi connectivity index (χ4v) is 2.08. The smallest absolute Gasteiger partial charge is 0.163 e. The number of aromatic nitrogens is 1. The van der Waals surface area contributed by atoms with Gasteiger partial charge in [-0.3, -0.25) is 4.98 Å². The highest BCUT2D eigenvalue weighted by molar-refractivity contribution is 5.55. The summed E-state index contributed by atoms with van der Waals surface area (Å²) in [6, 6.07) is 8.03. The van der Waals surface area contributed by atoms with Gasteiger partial charge in [-0.1, -0.05) is 6.07 Å². The summed E-state index contributed by atoms with van der Waals surface area (Å²) in [5, 5.41) is 3.38. The maximum Gasteiger partial charge on any atom is 0.163 e. The number of aryl methyl sites for hydroxylation is 1. The van der Waals surface area contributed by atoms with Crippen molar-refractivity contribution in [3.8, 4) is 11.5 Å². The van der Waals surface area contributed by atoms with Gasteiger partial charge in [-0.05, 0) is 44.0 Å². The topological polar surface area (TPSA) is 43.4 Å². The fraction of sp³-hybridized carbons (Fsp3) is 0.353. The first-order valence-electron chi connectivity index (χ1n) is 7.27. The molecule has 1 aromatic heterocycles. The molecule has 112 valence electrons. The summed E-state index contributed by atoms with van der Waals surface area (Å²) in [6.07, 6.45) is 3.73. The molecule has 0 saturated heterocycles. The maximum absolute atomic E-state index is 5.62. The molecule has 0 saturated carbocycles. The van der Waals surface area contributed by atoms with Crippen LogP contribution in [0, 0.1) is 6.92 Å². The van der Waals surface area contributed by atoms with E-state index < -0.39 is 0 Å². The van der Waals surface area contributed by atoms with Crippen molar-refractivity contribution < 1.29 is 9.47 Å². The average Bonchev–Trinajstić information content (AvgIpc) is 2.48. The summed E-state index contributed by atoms with van der Waals surface area (Å²) in [5.74, 6) is 1.55. The molecule has 0 spiro atoms. The summed E-state index contributed by atoms with van der Waals surface area (Å²) in [6.45, 7) is 7.95. The van der Waals surface area contributed by atoms with Gasteiger partial charge >= 0.3 is 0 Å². The van der Waals surface area contributed by atoms with Gasteiger partial charge in [0.1, 0.15) is 0 Å². The Kier molecular flexibility index (Phi) is 5.43. The molecule has 2 aromatic rings. The zero-order valence-corrected chi connectivity index (χ0v) is 12.8. The zero-order chi connectivity index (χ0) is 15.1. The van der Waals surface area contributed by atoms with Gasteiger partial charge in [0.2, 0.25) is 0 Å². The van der Waals surface area contributed by atoms with Gasteiger partial charge in [0.25, 0.3) is 0 Å². The van der Waals surface area contributed by atoms with E-state index in [0.717, 1.165) is 34.9 Å². The Morgan fingerprint density at radius 2 is 1.76 bits per heavy atom. The molecule has 1 aromatic carbocycles. The van der Waals surface area contributed by atoms with Crippen molar-refractivity contribution in [3.05, 3.63) is 47.8 Å². The molecule has 0 radical (unpaired) electrons. The Labute approximate surface area is 126 Å². The van der Waals surface area contributed by atoms with Crippen LogP contribution in [0.2, 0.25) is 0 Å². The Hall–Kier alpha value is -2.23. The molecule has 0 atom stereocenters. The van der Waals surface area contributed by atoms with Crippen molar-refractivity contribution in [2.45, 2.75) is 27.3 Å². The first-order valence-corrected chi connectivity index (χ1v) is 7.27. The average molecular weight is 286 g/mol. The first-order chi connectivity index (χ1) is 10.2. The van der Waals surface area contributed by atoms with Crippen LogP contribution in [0.1, 0.15) is 25.0 Å². The fourth-order valence-electron chi connectivity index (χ4n) is 2.08. The van der Waals surface area contributed by atoms with E-state index in [1.54, 1.807) is 0 Å². The summed E-state index contributed by atoms with van der Waals surface area (Å²) >= 11 is 0. The second-order valence-electron chi connectivity index (χ2n) is 4.75. The molecule has 1 heterocycles. The van der Waals surface area contributed by atoms with E-state index in [1.165, 1.54) is 0 Å². The van der Waals surface area contributed by atoms with Crippen LogP contribution in [0.5, 0.6) is 11.5 Å². The third kappa shape index (κ3) is 4.38. The SMILES string of the molecule is CCOc1ccc(NCc2cncc(C)c2)cc1OCC. The van der Waals surface area contributed by atoms with E-state index in [4.69, 9.17) is 9.47 Å². The molecule has 0 unspecified atom stereocenters. The molecular weight excluding hydrogens is 264 g/mol. The van der Waals surface area contributed by atoms with Crippen LogP contribution in [-0.4, -0.2) is 18.2 Å². The minimum absolute atomic E-state index is 0.616. The molecule has 4 nitrogen and oxygen atoms in total. The second-order valence-corrected chi connectivity index (χ2v) is 4.75. The molecule has 0 aliphatic heterocycles. The summed E-state index contributed by atoms with van der Waals surface area (Å²) < 4.78 is 11.2. The lowest BCUT2D eigenvalue weighted by Gasteiger charge is -2.13. The molecule has 0 fully saturated rings. The van der Waals surface area contributed by atoms with Crippen LogP contribution in [0.15, 0.2) is 36.7 Å². The van der Waals surface area contributed by atoms with E-state index in [-0.39, 0.29) is 0 Å². The standard InChI is InChI=1S/C17H22N2O2/c1-4-20-16-7-6-15(9-17(16)21-5-2)19-12-14-8-13(3)10-18-11-14/h6-11,19H,4-5,12H2,1-3H3. The predicted molar refractivity (Wildman–Crippen MR) is 85.1 cm³/mol. The van der Waals surface area contributed by atoms with Crippen LogP contribution < -0.4 is 14.8 Å². The summed E-state index contributed by atoms with van der Waals surface area (Å²) in [7, 11) is 0.